The zero-order valence-electron chi connectivity index (χ0n) is 11.1. The summed E-state index contributed by atoms with van der Waals surface area (Å²) in [6, 6.07) is 3.77. The number of hydrogen-bond acceptors (Lipinski definition) is 2. The van der Waals surface area contributed by atoms with Crippen molar-refractivity contribution in [3.8, 4) is 0 Å². The van der Waals surface area contributed by atoms with Gasteiger partial charge in [0.25, 0.3) is 0 Å². The van der Waals surface area contributed by atoms with Crippen LogP contribution in [0.1, 0.15) is 47.4 Å². The number of aliphatic hydroxyl groups excluding tert-OH is 1. The molecule has 0 saturated heterocycles. The van der Waals surface area contributed by atoms with Gasteiger partial charge in [-0.1, -0.05) is 6.07 Å². The predicted molar refractivity (Wildman–Crippen MR) is 70.4 cm³/mol. The molecule has 0 spiro atoms. The molecule has 4 heteroatoms. The van der Waals surface area contributed by atoms with Gasteiger partial charge in [-0.05, 0) is 43.9 Å². The van der Waals surface area contributed by atoms with Crippen molar-refractivity contribution in [2.45, 2.75) is 38.8 Å². The highest BCUT2D eigenvalue weighted by Gasteiger charge is 2.29. The molecule has 1 unspecified atom stereocenters. The minimum absolute atomic E-state index is 0.353. The highest BCUT2D eigenvalue weighted by Crippen LogP contribution is 2.38. The first-order valence-corrected chi connectivity index (χ1v) is 6.54. The molecule has 0 amide bonds. The van der Waals surface area contributed by atoms with Crippen molar-refractivity contribution in [2.75, 3.05) is 0 Å². The molecule has 19 heavy (non-hydrogen) atoms. The fourth-order valence-electron chi connectivity index (χ4n) is 2.61. The van der Waals surface area contributed by atoms with E-state index < -0.39 is 6.10 Å². The predicted octanol–water partition coefficient (Wildman–Crippen LogP) is 3.06. The van der Waals surface area contributed by atoms with Crippen molar-refractivity contribution in [1.82, 2.24) is 9.55 Å². The molecular weight excluding hydrogens is 243 g/mol. The van der Waals surface area contributed by atoms with Crippen LogP contribution in [0.2, 0.25) is 0 Å². The number of benzene rings is 1. The second kappa shape index (κ2) is 4.46. The van der Waals surface area contributed by atoms with Crippen LogP contribution in [0.25, 0.3) is 0 Å². The van der Waals surface area contributed by atoms with Crippen LogP contribution in [0, 0.1) is 19.7 Å². The average Bonchev–Trinajstić information content (AvgIpc) is 3.05. The molecule has 100 valence electrons. The Kier molecular flexibility index (Phi) is 2.90. The van der Waals surface area contributed by atoms with E-state index in [0.29, 0.717) is 17.3 Å². The first kappa shape index (κ1) is 12.4. The van der Waals surface area contributed by atoms with Gasteiger partial charge in [-0.15, -0.1) is 0 Å². The van der Waals surface area contributed by atoms with Crippen LogP contribution in [0.5, 0.6) is 0 Å². The first-order valence-electron chi connectivity index (χ1n) is 6.54. The summed E-state index contributed by atoms with van der Waals surface area (Å²) < 4.78 is 16.1. The number of hydrogen-bond donors (Lipinski definition) is 1. The van der Waals surface area contributed by atoms with Crippen molar-refractivity contribution < 1.29 is 9.50 Å². The summed E-state index contributed by atoms with van der Waals surface area (Å²) >= 11 is 0. The average molecular weight is 260 g/mol. The van der Waals surface area contributed by atoms with Crippen molar-refractivity contribution in [3.63, 3.8) is 0 Å². The summed E-state index contributed by atoms with van der Waals surface area (Å²) in [4.78, 5) is 4.09. The Bertz CT molecular complexity index is 593. The number of halogens is 1. The number of aryl methyl sites for hydroxylation is 2. The smallest absolute Gasteiger partial charge is 0.129 e. The Morgan fingerprint density at radius 3 is 2.74 bits per heavy atom. The lowest BCUT2D eigenvalue weighted by Crippen LogP contribution is -2.10. The molecule has 1 aliphatic rings. The first-order chi connectivity index (χ1) is 9.08. The molecule has 0 radical (unpaired) electrons. The summed E-state index contributed by atoms with van der Waals surface area (Å²) in [6.07, 6.45) is 4.60. The molecule has 3 rings (SSSR count). The van der Waals surface area contributed by atoms with Crippen LogP contribution in [0.4, 0.5) is 4.39 Å². The molecule has 0 aliphatic heterocycles. The number of rotatable bonds is 3. The third-order valence-electron chi connectivity index (χ3n) is 3.67. The molecule has 1 fully saturated rings. The lowest BCUT2D eigenvalue weighted by Gasteiger charge is -2.17. The van der Waals surface area contributed by atoms with Crippen molar-refractivity contribution in [2.24, 2.45) is 0 Å². The van der Waals surface area contributed by atoms with E-state index in [1.165, 1.54) is 6.07 Å². The zero-order chi connectivity index (χ0) is 13.6. The number of aliphatic hydroxyl groups is 1. The summed E-state index contributed by atoms with van der Waals surface area (Å²) in [6.45, 7) is 3.67. The molecule has 1 atom stereocenters. The van der Waals surface area contributed by atoms with Gasteiger partial charge in [-0.25, -0.2) is 9.37 Å². The number of nitrogens with zero attached hydrogens (tertiary/aromatic N) is 2. The SMILES string of the molecule is Cc1cc(C)c(C(O)c2cncn2C2CC2)c(F)c1. The van der Waals surface area contributed by atoms with Gasteiger partial charge in [0, 0.05) is 11.6 Å². The molecule has 1 aromatic carbocycles. The molecule has 0 bridgehead atoms. The zero-order valence-corrected chi connectivity index (χ0v) is 11.1. The fraction of sp³-hybridized carbons (Fsp3) is 0.400. The fourth-order valence-corrected chi connectivity index (χ4v) is 2.61. The van der Waals surface area contributed by atoms with E-state index in [0.717, 1.165) is 24.0 Å². The normalized spacial score (nSPS) is 16.6. The van der Waals surface area contributed by atoms with E-state index in [1.807, 2.05) is 24.5 Å². The maximum absolute atomic E-state index is 14.1. The topological polar surface area (TPSA) is 38.1 Å². The summed E-state index contributed by atoms with van der Waals surface area (Å²) in [7, 11) is 0. The maximum atomic E-state index is 14.1. The molecular formula is C15H17FN2O. The number of imidazole rings is 1. The van der Waals surface area contributed by atoms with Crippen molar-refractivity contribution in [3.05, 3.63) is 52.9 Å². The Hall–Kier alpha value is -1.68. The standard InChI is InChI=1S/C15H17FN2O/c1-9-5-10(2)14(12(16)6-9)15(19)13-7-17-8-18(13)11-3-4-11/h5-8,11,15,19H,3-4H2,1-2H3. The Morgan fingerprint density at radius 2 is 2.11 bits per heavy atom. The van der Waals surface area contributed by atoms with Crippen LogP contribution in [-0.4, -0.2) is 14.7 Å². The lowest BCUT2D eigenvalue weighted by molar-refractivity contribution is 0.204. The summed E-state index contributed by atoms with van der Waals surface area (Å²) in [5, 5.41) is 10.5. The van der Waals surface area contributed by atoms with Crippen LogP contribution >= 0.6 is 0 Å². The van der Waals surface area contributed by atoms with Gasteiger partial charge in [0.05, 0.1) is 18.2 Å². The van der Waals surface area contributed by atoms with Crippen LogP contribution in [-0.2, 0) is 0 Å². The van der Waals surface area contributed by atoms with Gasteiger partial charge in [0.15, 0.2) is 0 Å². The molecule has 1 aliphatic carbocycles. The maximum Gasteiger partial charge on any atom is 0.129 e. The minimum atomic E-state index is -0.955. The number of aromatic nitrogens is 2. The van der Waals surface area contributed by atoms with Gasteiger partial charge in [-0.3, -0.25) is 0 Å². The molecule has 3 nitrogen and oxygen atoms in total. The van der Waals surface area contributed by atoms with Gasteiger partial charge in [0.2, 0.25) is 0 Å². The van der Waals surface area contributed by atoms with E-state index in [2.05, 4.69) is 4.98 Å². The summed E-state index contributed by atoms with van der Waals surface area (Å²) in [5.41, 5.74) is 2.66. The van der Waals surface area contributed by atoms with Crippen LogP contribution in [0.15, 0.2) is 24.7 Å². The van der Waals surface area contributed by atoms with Gasteiger partial charge in [0.1, 0.15) is 11.9 Å². The third kappa shape index (κ3) is 2.16. The Labute approximate surface area is 111 Å². The largest absolute Gasteiger partial charge is 0.382 e. The molecule has 1 aromatic heterocycles. The van der Waals surface area contributed by atoms with Crippen LogP contribution in [0.3, 0.4) is 0 Å². The van der Waals surface area contributed by atoms with E-state index in [4.69, 9.17) is 0 Å². The second-order valence-corrected chi connectivity index (χ2v) is 5.34. The van der Waals surface area contributed by atoms with Gasteiger partial charge >= 0.3 is 0 Å². The molecule has 1 N–H and O–H groups in total. The Morgan fingerprint density at radius 1 is 1.37 bits per heavy atom. The Balaban J connectivity index is 2.04. The third-order valence-corrected chi connectivity index (χ3v) is 3.67. The molecule has 1 saturated carbocycles. The van der Waals surface area contributed by atoms with Gasteiger partial charge in [-0.2, -0.15) is 0 Å². The van der Waals surface area contributed by atoms with Crippen LogP contribution < -0.4 is 0 Å². The van der Waals surface area contributed by atoms with Gasteiger partial charge < -0.3 is 9.67 Å². The van der Waals surface area contributed by atoms with E-state index in [9.17, 15) is 9.50 Å². The quantitative estimate of drug-likeness (QED) is 0.921. The monoisotopic (exact) mass is 260 g/mol. The summed E-state index contributed by atoms with van der Waals surface area (Å²) in [5.74, 6) is -0.353. The molecule has 2 aromatic rings. The van der Waals surface area contributed by atoms with Crippen molar-refractivity contribution >= 4 is 0 Å². The second-order valence-electron chi connectivity index (χ2n) is 5.34. The molecule has 1 heterocycles. The highest BCUT2D eigenvalue weighted by molar-refractivity contribution is 5.37. The van der Waals surface area contributed by atoms with E-state index >= 15 is 0 Å². The van der Waals surface area contributed by atoms with E-state index in [-0.39, 0.29) is 5.82 Å². The van der Waals surface area contributed by atoms with Crippen molar-refractivity contribution in [1.29, 1.82) is 0 Å². The minimum Gasteiger partial charge on any atom is -0.382 e. The van der Waals surface area contributed by atoms with E-state index in [1.54, 1.807) is 12.5 Å². The highest BCUT2D eigenvalue weighted by atomic mass is 19.1. The lowest BCUT2D eigenvalue weighted by atomic mass is 9.98.